The Labute approximate surface area is 429 Å². The Morgan fingerprint density at radius 2 is 1.07 bits per heavy atom. The number of nitrogens with zero attached hydrogens (tertiary/aromatic N) is 2. The molecule has 0 unspecified atom stereocenters. The molecule has 0 atom stereocenters. The second-order valence-corrected chi connectivity index (χ2v) is 29.0. The van der Waals surface area contributed by atoms with Gasteiger partial charge in [-0.3, -0.25) is 0 Å². The van der Waals surface area contributed by atoms with Gasteiger partial charge in [-0.05, 0) is 173 Å². The van der Waals surface area contributed by atoms with Gasteiger partial charge in [0, 0.05) is 38.4 Å². The average molecular weight is 955 g/mol. The summed E-state index contributed by atoms with van der Waals surface area (Å²) in [7, 11) is 0. The Morgan fingerprint density at radius 1 is 0.493 bits per heavy atom. The third-order valence-corrected chi connectivity index (χ3v) is 19.2. The van der Waals surface area contributed by atoms with Crippen LogP contribution in [0, 0.1) is 0 Å². The molecule has 0 saturated carbocycles. The van der Waals surface area contributed by atoms with Gasteiger partial charge >= 0.3 is 0 Å². The molecule has 8 aromatic rings. The number of fused-ring (bicyclic) bond motifs is 11. The fourth-order valence-electron chi connectivity index (χ4n) is 13.3. The van der Waals surface area contributed by atoms with E-state index in [9.17, 15) is 0 Å². The molecular weight excluding hydrogens is 880 g/mol. The van der Waals surface area contributed by atoms with Crippen LogP contribution in [0.1, 0.15) is 182 Å². The predicted octanol–water partition coefficient (Wildman–Crippen LogP) is 17.5. The summed E-state index contributed by atoms with van der Waals surface area (Å²) in [6.45, 7) is 41.0. The molecule has 0 saturated heterocycles. The number of anilines is 6. The second kappa shape index (κ2) is 14.7. The van der Waals surface area contributed by atoms with E-state index in [0.29, 0.717) is 0 Å². The lowest BCUT2D eigenvalue weighted by Crippen LogP contribution is -2.61. The van der Waals surface area contributed by atoms with Gasteiger partial charge < -0.3 is 14.2 Å². The van der Waals surface area contributed by atoms with E-state index >= 15 is 0 Å². The number of thiophene rings is 1. The van der Waals surface area contributed by atoms with Gasteiger partial charge in [0.1, 0.15) is 11.2 Å². The minimum atomic E-state index is -0.138. The van der Waals surface area contributed by atoms with Crippen LogP contribution in [0.4, 0.5) is 33.4 Å². The van der Waals surface area contributed by atoms with Crippen molar-refractivity contribution in [2.45, 2.75) is 181 Å². The van der Waals surface area contributed by atoms with Gasteiger partial charge in [-0.15, -0.1) is 11.3 Å². The van der Waals surface area contributed by atoms with Crippen LogP contribution >= 0.6 is 11.3 Å². The monoisotopic (exact) mass is 955 g/mol. The summed E-state index contributed by atoms with van der Waals surface area (Å²) in [6.07, 6.45) is 4.74. The van der Waals surface area contributed by atoms with Crippen LogP contribution in [0.5, 0.6) is 0 Å². The summed E-state index contributed by atoms with van der Waals surface area (Å²) in [5, 5.41) is 5.11. The van der Waals surface area contributed by atoms with Gasteiger partial charge in [0.05, 0.1) is 16.1 Å². The van der Waals surface area contributed by atoms with E-state index in [2.05, 4.69) is 225 Å². The van der Waals surface area contributed by atoms with Crippen LogP contribution in [0.2, 0.25) is 0 Å². The zero-order valence-electron chi connectivity index (χ0n) is 45.9. The molecule has 0 bridgehead atoms. The highest BCUT2D eigenvalue weighted by Gasteiger charge is 2.48. The molecule has 4 heterocycles. The lowest BCUT2D eigenvalue weighted by Gasteiger charge is -2.46. The van der Waals surface area contributed by atoms with E-state index in [1.54, 1.807) is 0 Å². The first-order chi connectivity index (χ1) is 33.1. The van der Waals surface area contributed by atoms with E-state index in [1.165, 1.54) is 124 Å². The van der Waals surface area contributed by atoms with Crippen LogP contribution in [0.15, 0.2) is 101 Å². The van der Waals surface area contributed by atoms with Crippen molar-refractivity contribution >= 4 is 99.9 Å². The first-order valence-electron chi connectivity index (χ1n) is 26.7. The van der Waals surface area contributed by atoms with E-state index < -0.39 is 0 Å². The van der Waals surface area contributed by atoms with Crippen molar-refractivity contribution in [3.63, 3.8) is 0 Å². The summed E-state index contributed by atoms with van der Waals surface area (Å²) >= 11 is 2.03. The highest BCUT2D eigenvalue weighted by molar-refractivity contribution is 7.26. The zero-order valence-corrected chi connectivity index (χ0v) is 46.7. The number of furan rings is 1. The summed E-state index contributed by atoms with van der Waals surface area (Å²) in [5.74, 6) is 0. The van der Waals surface area contributed by atoms with Gasteiger partial charge in [-0.2, -0.15) is 0 Å². The largest absolute Gasteiger partial charge is 0.456 e. The quantitative estimate of drug-likeness (QED) is 0.161. The maximum absolute atomic E-state index is 7.02. The predicted molar refractivity (Wildman–Crippen MR) is 310 cm³/mol. The molecule has 3 nitrogen and oxygen atoms in total. The van der Waals surface area contributed by atoms with Crippen LogP contribution < -0.4 is 26.2 Å². The molecule has 0 radical (unpaired) electrons. The molecule has 71 heavy (non-hydrogen) atoms. The fraction of sp³-hybridized carbons (Fsp3) is 0.424. The first kappa shape index (κ1) is 46.8. The molecule has 2 aliphatic carbocycles. The molecular formula is C66H75BN2OS. The summed E-state index contributed by atoms with van der Waals surface area (Å²) < 4.78 is 8.41. The highest BCUT2D eigenvalue weighted by atomic mass is 32.1. The third-order valence-electron chi connectivity index (χ3n) is 18.0. The summed E-state index contributed by atoms with van der Waals surface area (Å²) in [6, 6.07) is 39.0. The van der Waals surface area contributed by atoms with Crippen molar-refractivity contribution in [3.8, 4) is 0 Å². The number of rotatable bonds is 2. The maximum Gasteiger partial charge on any atom is 0.254 e. The van der Waals surface area contributed by atoms with Crippen LogP contribution in [-0.2, 0) is 37.9 Å². The molecule has 0 spiro atoms. The number of hydrogen-bond acceptors (Lipinski definition) is 4. The van der Waals surface area contributed by atoms with Crippen molar-refractivity contribution in [1.29, 1.82) is 0 Å². The van der Waals surface area contributed by atoms with Gasteiger partial charge in [0.2, 0.25) is 0 Å². The van der Waals surface area contributed by atoms with E-state index in [0.717, 1.165) is 22.2 Å². The Kier molecular flexibility index (Phi) is 9.69. The van der Waals surface area contributed by atoms with Crippen molar-refractivity contribution in [1.82, 2.24) is 0 Å². The van der Waals surface area contributed by atoms with Crippen molar-refractivity contribution < 1.29 is 4.42 Å². The van der Waals surface area contributed by atoms with Crippen LogP contribution in [-0.4, -0.2) is 6.71 Å². The standard InChI is InChI=1S/C66H75BN2OS/c1-60(2,3)38-22-26-49-48(32-38)67-56-42-36-46-47(66(16,17)31-30-65(46,14)15)37-54(42)71-59(56)68(40-23-24-43-45(35-40)64(12,13)29-28-63(43,10)11)51-33-39(61(4,5)6)34-52(57(51)67)69(49)50-27-25-44(62(7,8)9)58-55(50)41-20-18-19-21-53(41)70-58/h18-27,32-37H,28-31H2,1-17H3. The molecule has 6 aromatic carbocycles. The lowest BCUT2D eigenvalue weighted by atomic mass is 9.33. The Bertz CT molecular complexity index is 3570. The van der Waals surface area contributed by atoms with Crippen molar-refractivity contribution in [2.75, 3.05) is 9.80 Å². The summed E-state index contributed by atoms with van der Waals surface area (Å²) in [5.41, 5.74) is 22.3. The normalized spacial score (nSPS) is 18.6. The fourth-order valence-corrected chi connectivity index (χ4v) is 14.6. The average Bonchev–Trinajstić information content (AvgIpc) is 3.86. The van der Waals surface area contributed by atoms with Crippen molar-refractivity contribution in [3.05, 3.63) is 136 Å². The van der Waals surface area contributed by atoms with Crippen molar-refractivity contribution in [2.24, 2.45) is 0 Å². The Hall–Kier alpha value is -5.26. The van der Waals surface area contributed by atoms with Gasteiger partial charge in [0.25, 0.3) is 6.71 Å². The number of benzene rings is 6. The van der Waals surface area contributed by atoms with E-state index in [-0.39, 0.29) is 44.6 Å². The molecule has 2 aliphatic heterocycles. The SMILES string of the molecule is CC(C)(C)c1ccc2c(c1)B1c3c(cc(C(C)(C)C)cc3N2c2ccc(C(C)(C)C)c3oc4ccccc4c23)N(c2ccc3c(c2)C(C)(C)CCC3(C)C)c2sc3cc4c(cc3c21)C(C)(C)CCC4(C)C. The first-order valence-corrected chi connectivity index (χ1v) is 27.5. The van der Waals surface area contributed by atoms with Gasteiger partial charge in [-0.1, -0.05) is 160 Å². The molecule has 0 N–H and O–H groups in total. The maximum atomic E-state index is 7.02. The van der Waals surface area contributed by atoms with Gasteiger partial charge in [-0.25, -0.2) is 0 Å². The highest BCUT2D eigenvalue weighted by Crippen LogP contribution is 2.55. The molecule has 12 rings (SSSR count). The Balaban J connectivity index is 1.26. The van der Waals surface area contributed by atoms with Crippen LogP contribution in [0.3, 0.4) is 0 Å². The topological polar surface area (TPSA) is 19.6 Å². The number of para-hydroxylation sites is 1. The second-order valence-electron chi connectivity index (χ2n) is 28.0. The minimum Gasteiger partial charge on any atom is -0.456 e. The molecule has 5 heteroatoms. The van der Waals surface area contributed by atoms with Crippen LogP contribution in [0.25, 0.3) is 32.0 Å². The third kappa shape index (κ3) is 6.86. The van der Waals surface area contributed by atoms with Gasteiger partial charge in [0.15, 0.2) is 0 Å². The molecule has 2 aromatic heterocycles. The van der Waals surface area contributed by atoms with E-state index in [4.69, 9.17) is 4.42 Å². The molecule has 0 amide bonds. The smallest absolute Gasteiger partial charge is 0.254 e. The zero-order chi connectivity index (χ0) is 50.5. The lowest BCUT2D eigenvalue weighted by molar-refractivity contribution is 0.332. The minimum absolute atomic E-state index is 0.00114. The van der Waals surface area contributed by atoms with E-state index in [1.807, 2.05) is 11.3 Å². The number of hydrogen-bond donors (Lipinski definition) is 0. The molecule has 0 fully saturated rings. The molecule has 364 valence electrons. The summed E-state index contributed by atoms with van der Waals surface area (Å²) in [4.78, 5) is 5.40. The Morgan fingerprint density at radius 3 is 1.70 bits per heavy atom. The molecule has 4 aliphatic rings.